The highest BCUT2D eigenvalue weighted by Crippen LogP contribution is 2.44. The standard InChI is InChI=1S/C15H19ClN2OS/c1-19-14-5-4-11(8-12(14)16)17-15(20)18-13-7-9-2-3-10(13)6-9/h4-5,8-10,13H,2-3,6-7H2,1H3,(H2,17,18,20)/t9-,10+,13+/m0/s1. The number of anilines is 1. The number of methoxy groups -OCH3 is 1. The highest BCUT2D eigenvalue weighted by atomic mass is 35.5. The molecule has 1 aromatic carbocycles. The molecule has 20 heavy (non-hydrogen) atoms. The number of benzene rings is 1. The second-order valence-corrected chi connectivity index (χ2v) is 6.54. The fourth-order valence-corrected chi connectivity index (χ4v) is 4.03. The van der Waals surface area contributed by atoms with Gasteiger partial charge in [0.25, 0.3) is 0 Å². The summed E-state index contributed by atoms with van der Waals surface area (Å²) in [6.07, 6.45) is 5.38. The van der Waals surface area contributed by atoms with Crippen LogP contribution in [0.1, 0.15) is 25.7 Å². The Kier molecular flexibility index (Phi) is 4.03. The van der Waals surface area contributed by atoms with Crippen LogP contribution in [0.25, 0.3) is 0 Å². The van der Waals surface area contributed by atoms with Crippen LogP contribution in [-0.4, -0.2) is 18.3 Å². The highest BCUT2D eigenvalue weighted by Gasteiger charge is 2.39. The summed E-state index contributed by atoms with van der Waals surface area (Å²) >= 11 is 11.5. The fraction of sp³-hybridized carbons (Fsp3) is 0.533. The quantitative estimate of drug-likeness (QED) is 0.832. The van der Waals surface area contributed by atoms with Gasteiger partial charge in [-0.25, -0.2) is 0 Å². The fourth-order valence-electron chi connectivity index (χ4n) is 3.50. The van der Waals surface area contributed by atoms with Crippen molar-refractivity contribution in [3.63, 3.8) is 0 Å². The van der Waals surface area contributed by atoms with Crippen molar-refractivity contribution >= 4 is 34.6 Å². The lowest BCUT2D eigenvalue weighted by molar-refractivity contribution is 0.392. The van der Waals surface area contributed by atoms with Gasteiger partial charge >= 0.3 is 0 Å². The molecule has 0 aliphatic heterocycles. The molecule has 3 rings (SSSR count). The van der Waals surface area contributed by atoms with Gasteiger partial charge in [0, 0.05) is 11.7 Å². The maximum atomic E-state index is 6.11. The van der Waals surface area contributed by atoms with Crippen LogP contribution in [0.3, 0.4) is 0 Å². The maximum Gasteiger partial charge on any atom is 0.171 e. The van der Waals surface area contributed by atoms with E-state index in [4.69, 9.17) is 28.6 Å². The van der Waals surface area contributed by atoms with E-state index in [-0.39, 0.29) is 0 Å². The predicted octanol–water partition coefficient (Wildman–Crippen LogP) is 3.82. The van der Waals surface area contributed by atoms with Gasteiger partial charge in [-0.3, -0.25) is 0 Å². The molecule has 0 amide bonds. The molecule has 2 saturated carbocycles. The van der Waals surface area contributed by atoms with Gasteiger partial charge in [-0.2, -0.15) is 0 Å². The Morgan fingerprint density at radius 2 is 2.20 bits per heavy atom. The monoisotopic (exact) mass is 310 g/mol. The van der Waals surface area contributed by atoms with Crippen molar-refractivity contribution in [2.24, 2.45) is 11.8 Å². The van der Waals surface area contributed by atoms with Gasteiger partial charge in [-0.1, -0.05) is 18.0 Å². The molecule has 0 spiro atoms. The van der Waals surface area contributed by atoms with Gasteiger partial charge < -0.3 is 15.4 Å². The first-order valence-corrected chi connectivity index (χ1v) is 7.85. The van der Waals surface area contributed by atoms with E-state index in [2.05, 4.69) is 10.6 Å². The van der Waals surface area contributed by atoms with E-state index in [9.17, 15) is 0 Å². The van der Waals surface area contributed by atoms with E-state index in [1.165, 1.54) is 25.7 Å². The molecule has 0 unspecified atom stereocenters. The number of thiocarbonyl (C=S) groups is 1. The first kappa shape index (κ1) is 14.0. The van der Waals surface area contributed by atoms with Crippen molar-refractivity contribution in [2.75, 3.05) is 12.4 Å². The number of halogens is 1. The van der Waals surface area contributed by atoms with Crippen LogP contribution in [0.4, 0.5) is 5.69 Å². The molecule has 2 aliphatic carbocycles. The van der Waals surface area contributed by atoms with Crippen molar-refractivity contribution < 1.29 is 4.74 Å². The van der Waals surface area contributed by atoms with Gasteiger partial charge in [0.2, 0.25) is 0 Å². The molecule has 0 aromatic heterocycles. The number of ether oxygens (including phenoxy) is 1. The van der Waals surface area contributed by atoms with Crippen LogP contribution in [0.2, 0.25) is 5.02 Å². The van der Waals surface area contributed by atoms with E-state index in [1.807, 2.05) is 18.2 Å². The Morgan fingerprint density at radius 3 is 2.80 bits per heavy atom. The first-order chi connectivity index (χ1) is 9.65. The van der Waals surface area contributed by atoms with E-state index in [1.54, 1.807) is 7.11 Å². The number of nitrogens with one attached hydrogen (secondary N) is 2. The minimum absolute atomic E-state index is 0.544. The summed E-state index contributed by atoms with van der Waals surface area (Å²) in [5, 5.41) is 7.92. The zero-order valence-electron chi connectivity index (χ0n) is 11.5. The zero-order valence-corrected chi connectivity index (χ0v) is 13.1. The van der Waals surface area contributed by atoms with Crippen LogP contribution in [-0.2, 0) is 0 Å². The van der Waals surface area contributed by atoms with Crippen LogP contribution < -0.4 is 15.4 Å². The lowest BCUT2D eigenvalue weighted by Crippen LogP contribution is -2.40. The molecule has 1 aromatic rings. The lowest BCUT2D eigenvalue weighted by atomic mass is 9.96. The summed E-state index contributed by atoms with van der Waals surface area (Å²) in [7, 11) is 1.61. The predicted molar refractivity (Wildman–Crippen MR) is 86.6 cm³/mol. The van der Waals surface area contributed by atoms with Crippen molar-refractivity contribution in [2.45, 2.75) is 31.7 Å². The third kappa shape index (κ3) is 2.86. The first-order valence-electron chi connectivity index (χ1n) is 7.07. The number of hydrogen-bond donors (Lipinski definition) is 2. The normalized spacial score (nSPS) is 27.4. The van der Waals surface area contributed by atoms with Crippen LogP contribution in [0.15, 0.2) is 18.2 Å². The Bertz CT molecular complexity index is 523. The third-order valence-electron chi connectivity index (χ3n) is 4.46. The Labute approximate surface area is 130 Å². The second-order valence-electron chi connectivity index (χ2n) is 5.73. The zero-order chi connectivity index (χ0) is 14.1. The van der Waals surface area contributed by atoms with Gasteiger partial charge in [0.1, 0.15) is 5.75 Å². The Balaban J connectivity index is 1.57. The van der Waals surface area contributed by atoms with E-state index < -0.39 is 0 Å². The van der Waals surface area contributed by atoms with E-state index in [0.717, 1.165) is 17.5 Å². The summed E-state index contributed by atoms with van der Waals surface area (Å²) in [4.78, 5) is 0. The van der Waals surface area contributed by atoms with Gasteiger partial charge in [-0.15, -0.1) is 0 Å². The molecule has 2 bridgehead atoms. The summed E-state index contributed by atoms with van der Waals surface area (Å²) in [5.41, 5.74) is 0.886. The SMILES string of the molecule is COc1ccc(NC(=S)N[C@@H]2C[C@H]3CC[C@@H]2C3)cc1Cl. The van der Waals surface area contributed by atoms with Gasteiger partial charge in [-0.05, 0) is 61.5 Å². The molecule has 3 nitrogen and oxygen atoms in total. The van der Waals surface area contributed by atoms with E-state index in [0.29, 0.717) is 21.9 Å². The molecule has 2 aliphatic rings. The number of fused-ring (bicyclic) bond motifs is 2. The summed E-state index contributed by atoms with van der Waals surface area (Å²) < 4.78 is 5.14. The Hall–Kier alpha value is -1.00. The molecule has 3 atom stereocenters. The van der Waals surface area contributed by atoms with Crippen molar-refractivity contribution in [3.8, 4) is 5.75 Å². The average Bonchev–Trinajstić information content (AvgIpc) is 3.01. The minimum atomic E-state index is 0.544. The maximum absolute atomic E-state index is 6.11. The minimum Gasteiger partial charge on any atom is -0.495 e. The lowest BCUT2D eigenvalue weighted by Gasteiger charge is -2.24. The molecule has 2 N–H and O–H groups in total. The molecule has 0 saturated heterocycles. The molecular formula is C15H19ClN2OS. The summed E-state index contributed by atoms with van der Waals surface area (Å²) in [5.74, 6) is 2.39. The second kappa shape index (κ2) is 5.78. The van der Waals surface area contributed by atoms with Crippen molar-refractivity contribution in [3.05, 3.63) is 23.2 Å². The molecule has 0 radical (unpaired) electrons. The number of rotatable bonds is 3. The van der Waals surface area contributed by atoms with Gasteiger partial charge in [0.15, 0.2) is 5.11 Å². The molecule has 0 heterocycles. The average molecular weight is 311 g/mol. The van der Waals surface area contributed by atoms with Crippen LogP contribution in [0, 0.1) is 11.8 Å². The summed E-state index contributed by atoms with van der Waals surface area (Å²) in [6, 6.07) is 6.13. The van der Waals surface area contributed by atoms with E-state index >= 15 is 0 Å². The van der Waals surface area contributed by atoms with Crippen LogP contribution >= 0.6 is 23.8 Å². The number of hydrogen-bond acceptors (Lipinski definition) is 2. The highest BCUT2D eigenvalue weighted by molar-refractivity contribution is 7.80. The van der Waals surface area contributed by atoms with Crippen molar-refractivity contribution in [1.82, 2.24) is 5.32 Å². The van der Waals surface area contributed by atoms with Crippen molar-refractivity contribution in [1.29, 1.82) is 0 Å². The molecule has 5 heteroatoms. The summed E-state index contributed by atoms with van der Waals surface area (Å²) in [6.45, 7) is 0. The smallest absolute Gasteiger partial charge is 0.171 e. The topological polar surface area (TPSA) is 33.3 Å². The largest absolute Gasteiger partial charge is 0.495 e. The molecular weight excluding hydrogens is 292 g/mol. The van der Waals surface area contributed by atoms with Gasteiger partial charge in [0.05, 0.1) is 12.1 Å². The Morgan fingerprint density at radius 1 is 1.35 bits per heavy atom. The third-order valence-corrected chi connectivity index (χ3v) is 4.98. The molecule has 108 valence electrons. The van der Waals surface area contributed by atoms with Crippen LogP contribution in [0.5, 0.6) is 5.75 Å². The molecule has 2 fully saturated rings.